The lowest BCUT2D eigenvalue weighted by Gasteiger charge is -2.01. The van der Waals surface area contributed by atoms with Gasteiger partial charge in [0.2, 0.25) is 0 Å². The van der Waals surface area contributed by atoms with Crippen LogP contribution >= 0.6 is 0 Å². The van der Waals surface area contributed by atoms with Crippen LogP contribution in [0.4, 0.5) is 8.78 Å². The van der Waals surface area contributed by atoms with E-state index in [1.165, 1.54) is 24.3 Å². The van der Waals surface area contributed by atoms with Gasteiger partial charge in [-0.1, -0.05) is 18.2 Å². The van der Waals surface area contributed by atoms with E-state index in [-0.39, 0.29) is 34.5 Å². The monoisotopic (exact) mass is 287 g/mol. The van der Waals surface area contributed by atoms with Gasteiger partial charge in [-0.15, -0.1) is 0 Å². The lowest BCUT2D eigenvalue weighted by atomic mass is 10.0. The van der Waals surface area contributed by atoms with Crippen molar-refractivity contribution in [1.29, 1.82) is 0 Å². The van der Waals surface area contributed by atoms with Crippen LogP contribution in [-0.4, -0.2) is 5.91 Å². The number of carbonyl (C=O) groups excluding carboxylic acids is 1. The first-order valence-corrected chi connectivity index (χ1v) is 6.30. The van der Waals surface area contributed by atoms with Gasteiger partial charge in [-0.3, -0.25) is 4.79 Å². The van der Waals surface area contributed by atoms with Crippen molar-refractivity contribution in [1.82, 2.24) is 0 Å². The Labute approximate surface area is 119 Å². The van der Waals surface area contributed by atoms with Gasteiger partial charge < -0.3 is 10.2 Å². The summed E-state index contributed by atoms with van der Waals surface area (Å²) in [5.74, 6) is -1.40. The molecule has 0 radical (unpaired) electrons. The van der Waals surface area contributed by atoms with Crippen LogP contribution in [0.15, 0.2) is 46.9 Å². The fourth-order valence-electron chi connectivity index (χ4n) is 2.33. The number of furan rings is 1. The van der Waals surface area contributed by atoms with E-state index in [4.69, 9.17) is 10.2 Å². The smallest absolute Gasteiger partial charge is 0.253 e. The molecule has 1 amide bonds. The summed E-state index contributed by atoms with van der Waals surface area (Å²) < 4.78 is 32.3. The molecule has 0 aliphatic heterocycles. The molecule has 1 aromatic heterocycles. The summed E-state index contributed by atoms with van der Waals surface area (Å²) in [6, 6.07) is 10.1. The Morgan fingerprint density at radius 2 is 1.81 bits per heavy atom. The van der Waals surface area contributed by atoms with Crippen molar-refractivity contribution in [3.8, 4) is 0 Å². The standard InChI is InChI=1S/C16H11F2NO2/c17-10-6-4-9(5-7-10)8-13-15(16(19)20)14-11(18)2-1-3-12(14)21-13/h1-7H,8H2,(H2,19,20). The molecule has 3 nitrogen and oxygen atoms in total. The largest absolute Gasteiger partial charge is 0.460 e. The number of rotatable bonds is 3. The maximum absolute atomic E-state index is 13.9. The van der Waals surface area contributed by atoms with Crippen LogP contribution in [0.3, 0.4) is 0 Å². The fraction of sp³-hybridized carbons (Fsp3) is 0.0625. The molecule has 0 aliphatic rings. The summed E-state index contributed by atoms with van der Waals surface area (Å²) in [5.41, 5.74) is 6.38. The third kappa shape index (κ3) is 2.38. The summed E-state index contributed by atoms with van der Waals surface area (Å²) in [6.45, 7) is 0. The van der Waals surface area contributed by atoms with E-state index in [1.807, 2.05) is 0 Å². The number of nitrogens with two attached hydrogens (primary N) is 1. The van der Waals surface area contributed by atoms with Crippen molar-refractivity contribution >= 4 is 16.9 Å². The lowest BCUT2D eigenvalue weighted by Crippen LogP contribution is -2.13. The van der Waals surface area contributed by atoms with Crippen LogP contribution in [0.2, 0.25) is 0 Å². The molecule has 21 heavy (non-hydrogen) atoms. The summed E-state index contributed by atoms with van der Waals surface area (Å²) in [7, 11) is 0. The van der Waals surface area contributed by atoms with E-state index in [9.17, 15) is 13.6 Å². The predicted octanol–water partition coefficient (Wildman–Crippen LogP) is 3.40. The Kier molecular flexibility index (Phi) is 3.17. The molecule has 0 saturated heterocycles. The third-order valence-electron chi connectivity index (χ3n) is 3.26. The van der Waals surface area contributed by atoms with Gasteiger partial charge in [-0.25, -0.2) is 8.78 Å². The molecule has 0 atom stereocenters. The summed E-state index contributed by atoms with van der Waals surface area (Å²) >= 11 is 0. The van der Waals surface area contributed by atoms with E-state index < -0.39 is 11.7 Å². The molecule has 0 unspecified atom stereocenters. The second-order valence-electron chi connectivity index (χ2n) is 4.68. The zero-order valence-electron chi connectivity index (χ0n) is 10.9. The maximum Gasteiger partial charge on any atom is 0.253 e. The van der Waals surface area contributed by atoms with Crippen molar-refractivity contribution in [2.75, 3.05) is 0 Å². The van der Waals surface area contributed by atoms with E-state index in [0.29, 0.717) is 0 Å². The first kappa shape index (κ1) is 13.3. The molecule has 3 aromatic rings. The number of carbonyl (C=O) groups is 1. The van der Waals surface area contributed by atoms with E-state index in [0.717, 1.165) is 5.56 Å². The SMILES string of the molecule is NC(=O)c1c(Cc2ccc(F)cc2)oc2cccc(F)c12. The van der Waals surface area contributed by atoms with Crippen LogP contribution in [0.1, 0.15) is 21.7 Å². The molecule has 1 heterocycles. The molecule has 2 N–H and O–H groups in total. The predicted molar refractivity (Wildman–Crippen MR) is 73.9 cm³/mol. The summed E-state index contributed by atoms with van der Waals surface area (Å²) in [5, 5.41) is 0.0853. The topological polar surface area (TPSA) is 56.2 Å². The number of amides is 1. The van der Waals surface area contributed by atoms with Gasteiger partial charge in [0.1, 0.15) is 23.0 Å². The lowest BCUT2D eigenvalue weighted by molar-refractivity contribution is 0.0999. The van der Waals surface area contributed by atoms with Gasteiger partial charge in [0.25, 0.3) is 5.91 Å². The van der Waals surface area contributed by atoms with Gasteiger partial charge >= 0.3 is 0 Å². The van der Waals surface area contributed by atoms with Crippen molar-refractivity contribution < 1.29 is 18.0 Å². The first-order chi connectivity index (χ1) is 10.1. The molecule has 106 valence electrons. The highest BCUT2D eigenvalue weighted by molar-refractivity contribution is 6.06. The molecule has 3 rings (SSSR count). The number of benzene rings is 2. The van der Waals surface area contributed by atoms with Crippen LogP contribution in [0, 0.1) is 11.6 Å². The van der Waals surface area contributed by atoms with Gasteiger partial charge in [-0.2, -0.15) is 0 Å². The zero-order chi connectivity index (χ0) is 15.0. The molecule has 0 saturated carbocycles. The Morgan fingerprint density at radius 3 is 2.48 bits per heavy atom. The number of halogens is 2. The normalized spacial score (nSPS) is 11.0. The highest BCUT2D eigenvalue weighted by Gasteiger charge is 2.21. The van der Waals surface area contributed by atoms with E-state index >= 15 is 0 Å². The Morgan fingerprint density at radius 1 is 1.10 bits per heavy atom. The van der Waals surface area contributed by atoms with Crippen LogP contribution < -0.4 is 5.73 Å². The van der Waals surface area contributed by atoms with Crippen LogP contribution in [0.25, 0.3) is 11.0 Å². The summed E-state index contributed by atoms with van der Waals surface area (Å²) in [4.78, 5) is 11.6. The second kappa shape index (κ2) is 5.01. The summed E-state index contributed by atoms with van der Waals surface area (Å²) in [6.07, 6.45) is 0.229. The van der Waals surface area contributed by atoms with E-state index in [2.05, 4.69) is 0 Å². The van der Waals surface area contributed by atoms with Crippen LogP contribution in [0.5, 0.6) is 0 Å². The van der Waals surface area contributed by atoms with Gasteiger partial charge in [0.15, 0.2) is 0 Å². The van der Waals surface area contributed by atoms with Crippen molar-refractivity contribution in [3.05, 3.63) is 71.0 Å². The van der Waals surface area contributed by atoms with Crippen molar-refractivity contribution in [2.24, 2.45) is 5.73 Å². The minimum Gasteiger partial charge on any atom is -0.460 e. The molecule has 0 spiro atoms. The van der Waals surface area contributed by atoms with Gasteiger partial charge in [0.05, 0.1) is 10.9 Å². The molecule has 5 heteroatoms. The maximum atomic E-state index is 13.9. The Balaban J connectivity index is 2.13. The van der Waals surface area contributed by atoms with Gasteiger partial charge in [-0.05, 0) is 29.8 Å². The highest BCUT2D eigenvalue weighted by Crippen LogP contribution is 2.29. The second-order valence-corrected chi connectivity index (χ2v) is 4.68. The number of fused-ring (bicyclic) bond motifs is 1. The minimum absolute atomic E-state index is 0.0347. The number of primary amides is 1. The third-order valence-corrected chi connectivity index (χ3v) is 3.26. The number of hydrogen-bond donors (Lipinski definition) is 1. The molecule has 0 fully saturated rings. The fourth-order valence-corrected chi connectivity index (χ4v) is 2.33. The minimum atomic E-state index is -0.754. The Hall–Kier alpha value is -2.69. The van der Waals surface area contributed by atoms with Crippen molar-refractivity contribution in [2.45, 2.75) is 6.42 Å². The van der Waals surface area contributed by atoms with Crippen molar-refractivity contribution in [3.63, 3.8) is 0 Å². The average Bonchev–Trinajstić information content (AvgIpc) is 2.81. The molecule has 2 aromatic carbocycles. The Bertz CT molecular complexity index is 822. The molecular formula is C16H11F2NO2. The van der Waals surface area contributed by atoms with Crippen LogP contribution in [-0.2, 0) is 6.42 Å². The van der Waals surface area contributed by atoms with Gasteiger partial charge in [0, 0.05) is 6.42 Å². The number of hydrogen-bond acceptors (Lipinski definition) is 2. The highest BCUT2D eigenvalue weighted by atomic mass is 19.1. The zero-order valence-corrected chi connectivity index (χ0v) is 10.9. The molecule has 0 bridgehead atoms. The first-order valence-electron chi connectivity index (χ1n) is 6.30. The van der Waals surface area contributed by atoms with E-state index in [1.54, 1.807) is 18.2 Å². The molecular weight excluding hydrogens is 276 g/mol. The average molecular weight is 287 g/mol. The molecule has 0 aliphatic carbocycles. The quantitative estimate of drug-likeness (QED) is 0.802.